The smallest absolute Gasteiger partial charge is 0.263 e. The summed E-state index contributed by atoms with van der Waals surface area (Å²) in [5, 5.41) is 0. The third-order valence-corrected chi connectivity index (χ3v) is 6.51. The number of fused-ring (bicyclic) bond motifs is 3. The van der Waals surface area contributed by atoms with Gasteiger partial charge in [-0.15, -0.1) is 0 Å². The Balaban J connectivity index is 1.30. The van der Waals surface area contributed by atoms with E-state index in [0.29, 0.717) is 25.6 Å². The van der Waals surface area contributed by atoms with Crippen molar-refractivity contribution in [2.75, 3.05) is 38.7 Å². The number of carbonyl (C=O) groups excluding carboxylic acids is 1. The Morgan fingerprint density at radius 2 is 1.97 bits per heavy atom. The van der Waals surface area contributed by atoms with E-state index in [1.807, 2.05) is 48.3 Å². The predicted molar refractivity (Wildman–Crippen MR) is 113 cm³/mol. The molecule has 7 heteroatoms. The van der Waals surface area contributed by atoms with E-state index in [1.54, 1.807) is 0 Å². The Bertz CT molecular complexity index is 953. The van der Waals surface area contributed by atoms with Crippen molar-refractivity contribution in [3.05, 3.63) is 47.3 Å². The fraction of sp³-hybridized carbons (Fsp3) is 0.522. The Morgan fingerprint density at radius 1 is 1.17 bits per heavy atom. The van der Waals surface area contributed by atoms with Gasteiger partial charge in [0.15, 0.2) is 6.10 Å². The predicted octanol–water partition coefficient (Wildman–Crippen LogP) is 2.33. The molecule has 158 valence electrons. The third-order valence-electron chi connectivity index (χ3n) is 6.51. The van der Waals surface area contributed by atoms with Gasteiger partial charge in [-0.25, -0.2) is 9.97 Å². The van der Waals surface area contributed by atoms with Crippen LogP contribution in [0.3, 0.4) is 0 Å². The number of ether oxygens (including phenoxy) is 2. The van der Waals surface area contributed by atoms with Crippen LogP contribution in [-0.4, -0.2) is 60.7 Å². The zero-order chi connectivity index (χ0) is 20.7. The molecule has 1 amide bonds. The van der Waals surface area contributed by atoms with Gasteiger partial charge in [-0.2, -0.15) is 0 Å². The van der Waals surface area contributed by atoms with Crippen LogP contribution in [0.25, 0.3) is 0 Å². The van der Waals surface area contributed by atoms with Crippen LogP contribution >= 0.6 is 0 Å². The first kappa shape index (κ1) is 19.3. The molecule has 1 fully saturated rings. The molecule has 1 aromatic heterocycles. The molecular formula is C23H28N4O3. The molecule has 1 unspecified atom stereocenters. The lowest BCUT2D eigenvalue weighted by atomic mass is 9.83. The Labute approximate surface area is 177 Å². The van der Waals surface area contributed by atoms with Crippen LogP contribution < -0.4 is 9.64 Å². The summed E-state index contributed by atoms with van der Waals surface area (Å²) in [7, 11) is 3.89. The molecule has 3 aliphatic rings. The molecule has 1 spiro atoms. The first-order chi connectivity index (χ1) is 14.6. The van der Waals surface area contributed by atoms with E-state index >= 15 is 0 Å². The van der Waals surface area contributed by atoms with Crippen molar-refractivity contribution < 1.29 is 14.3 Å². The SMILES string of the molecule is CN(C)c1ncc2c(n1)C1(CCN(C(=O)C3CCc4ccccc4O3)CC1)OCC2. The number of amides is 1. The number of aryl methyl sites for hydroxylation is 1. The molecule has 7 nitrogen and oxygen atoms in total. The molecular weight excluding hydrogens is 380 g/mol. The summed E-state index contributed by atoms with van der Waals surface area (Å²) in [6, 6.07) is 8.00. The molecule has 2 aromatic rings. The number of carbonyl (C=O) groups is 1. The van der Waals surface area contributed by atoms with Gasteiger partial charge >= 0.3 is 0 Å². The van der Waals surface area contributed by atoms with Crippen LogP contribution in [0.1, 0.15) is 36.1 Å². The highest BCUT2D eigenvalue weighted by Gasteiger charge is 2.44. The average molecular weight is 409 g/mol. The molecule has 0 aliphatic carbocycles. The number of anilines is 1. The minimum absolute atomic E-state index is 0.0899. The van der Waals surface area contributed by atoms with Gasteiger partial charge in [-0.1, -0.05) is 18.2 Å². The topological polar surface area (TPSA) is 67.8 Å². The lowest BCUT2D eigenvalue weighted by molar-refractivity contribution is -0.148. The van der Waals surface area contributed by atoms with E-state index in [2.05, 4.69) is 11.1 Å². The Morgan fingerprint density at radius 3 is 2.77 bits per heavy atom. The van der Waals surface area contributed by atoms with Gasteiger partial charge in [0.2, 0.25) is 5.95 Å². The van der Waals surface area contributed by atoms with Crippen molar-refractivity contribution in [1.82, 2.24) is 14.9 Å². The monoisotopic (exact) mass is 408 g/mol. The van der Waals surface area contributed by atoms with Crippen LogP contribution in [0.5, 0.6) is 5.75 Å². The summed E-state index contributed by atoms with van der Waals surface area (Å²) in [5.41, 5.74) is 2.93. The Hall–Kier alpha value is -2.67. The van der Waals surface area contributed by atoms with Crippen molar-refractivity contribution in [2.45, 2.75) is 43.8 Å². The largest absolute Gasteiger partial charge is 0.480 e. The fourth-order valence-corrected chi connectivity index (χ4v) is 4.79. The Kier molecular flexibility index (Phi) is 4.85. The number of hydrogen-bond acceptors (Lipinski definition) is 6. The van der Waals surface area contributed by atoms with Gasteiger partial charge in [0.25, 0.3) is 5.91 Å². The van der Waals surface area contributed by atoms with Crippen LogP contribution in [0.2, 0.25) is 0 Å². The molecule has 3 aliphatic heterocycles. The zero-order valence-electron chi connectivity index (χ0n) is 17.6. The number of rotatable bonds is 2. The summed E-state index contributed by atoms with van der Waals surface area (Å²) >= 11 is 0. The maximum absolute atomic E-state index is 13.2. The van der Waals surface area contributed by atoms with Crippen molar-refractivity contribution in [1.29, 1.82) is 0 Å². The molecule has 1 aromatic carbocycles. The summed E-state index contributed by atoms with van der Waals surface area (Å²) in [4.78, 5) is 26.3. The van der Waals surface area contributed by atoms with Crippen molar-refractivity contribution in [3.8, 4) is 5.75 Å². The number of hydrogen-bond donors (Lipinski definition) is 0. The van der Waals surface area contributed by atoms with Crippen molar-refractivity contribution >= 4 is 11.9 Å². The highest BCUT2D eigenvalue weighted by Crippen LogP contribution is 2.41. The van der Waals surface area contributed by atoms with Gasteiger partial charge in [-0.3, -0.25) is 4.79 Å². The maximum Gasteiger partial charge on any atom is 0.263 e. The van der Waals surface area contributed by atoms with E-state index in [1.165, 1.54) is 11.1 Å². The summed E-state index contributed by atoms with van der Waals surface area (Å²) in [5.74, 6) is 1.63. The molecule has 1 atom stereocenters. The fourth-order valence-electron chi connectivity index (χ4n) is 4.79. The molecule has 5 rings (SSSR count). The minimum atomic E-state index is -0.419. The van der Waals surface area contributed by atoms with Gasteiger partial charge in [0.1, 0.15) is 11.4 Å². The average Bonchev–Trinajstić information content (AvgIpc) is 2.79. The first-order valence-corrected chi connectivity index (χ1v) is 10.8. The number of nitrogens with zero attached hydrogens (tertiary/aromatic N) is 4. The maximum atomic E-state index is 13.2. The quantitative estimate of drug-likeness (QED) is 0.760. The van der Waals surface area contributed by atoms with E-state index in [9.17, 15) is 4.79 Å². The van der Waals surface area contributed by atoms with Crippen molar-refractivity contribution in [2.24, 2.45) is 0 Å². The second-order valence-electron chi connectivity index (χ2n) is 8.61. The van der Waals surface area contributed by atoms with E-state index in [4.69, 9.17) is 14.5 Å². The second kappa shape index (κ2) is 7.54. The lowest BCUT2D eigenvalue weighted by Gasteiger charge is -2.44. The molecule has 30 heavy (non-hydrogen) atoms. The third kappa shape index (κ3) is 3.31. The highest BCUT2D eigenvalue weighted by atomic mass is 16.5. The number of benzene rings is 1. The van der Waals surface area contributed by atoms with E-state index < -0.39 is 11.7 Å². The van der Waals surface area contributed by atoms with E-state index in [0.717, 1.165) is 43.5 Å². The summed E-state index contributed by atoms with van der Waals surface area (Å²) in [6.07, 6.45) is 5.49. The number of para-hydroxylation sites is 1. The van der Waals surface area contributed by atoms with Gasteiger partial charge in [-0.05, 0) is 49.3 Å². The van der Waals surface area contributed by atoms with E-state index in [-0.39, 0.29) is 5.91 Å². The summed E-state index contributed by atoms with van der Waals surface area (Å²) < 4.78 is 12.3. The van der Waals surface area contributed by atoms with Crippen LogP contribution in [0, 0.1) is 0 Å². The van der Waals surface area contributed by atoms with Gasteiger partial charge in [0, 0.05) is 33.4 Å². The molecule has 0 radical (unpaired) electrons. The molecule has 4 heterocycles. The van der Waals surface area contributed by atoms with Crippen LogP contribution in [-0.2, 0) is 28.0 Å². The van der Waals surface area contributed by atoms with Gasteiger partial charge in [0.05, 0.1) is 12.3 Å². The number of piperidine rings is 1. The van der Waals surface area contributed by atoms with Crippen LogP contribution in [0.15, 0.2) is 30.5 Å². The number of likely N-dealkylation sites (tertiary alicyclic amines) is 1. The van der Waals surface area contributed by atoms with Crippen molar-refractivity contribution in [3.63, 3.8) is 0 Å². The van der Waals surface area contributed by atoms with Gasteiger partial charge < -0.3 is 19.3 Å². The summed E-state index contributed by atoms with van der Waals surface area (Å²) in [6.45, 7) is 1.98. The van der Waals surface area contributed by atoms with Crippen LogP contribution in [0.4, 0.5) is 5.95 Å². The molecule has 0 N–H and O–H groups in total. The zero-order valence-corrected chi connectivity index (χ0v) is 17.6. The molecule has 0 bridgehead atoms. The minimum Gasteiger partial charge on any atom is -0.480 e. The second-order valence-corrected chi connectivity index (χ2v) is 8.61. The molecule has 1 saturated heterocycles. The highest BCUT2D eigenvalue weighted by molar-refractivity contribution is 5.81. The lowest BCUT2D eigenvalue weighted by Crippen LogP contribution is -2.52. The first-order valence-electron chi connectivity index (χ1n) is 10.8. The normalized spacial score (nSPS) is 22.1. The standard InChI is InChI=1S/C23H28N4O3/c1-26(2)22-24-15-17-9-14-29-23(20(17)25-22)10-12-27(13-11-23)21(28)19-8-7-16-5-3-4-6-18(16)30-19/h3-6,15,19H,7-14H2,1-2H3. The number of aromatic nitrogens is 2. The molecule has 0 saturated carbocycles.